The minimum absolute atomic E-state index is 0.0382. The standard InChI is InChI=1S/C24H32F4N2O3/c1-14(2)23(8-5-17(12-23)29-20-7-10-33-13-19(20)25)22(32)30-9-6-15-3-4-16(24(26,27)28)11-18(15)21(30)31/h3-4,11,14,17,19-21,29,31H,5-10,12-13H2,1-2H3/t17-,19?,20?,21?,23+/m1/s1. The van der Waals surface area contributed by atoms with E-state index >= 15 is 0 Å². The van der Waals surface area contributed by atoms with E-state index < -0.39 is 29.6 Å². The fourth-order valence-corrected chi connectivity index (χ4v) is 5.65. The highest BCUT2D eigenvalue weighted by molar-refractivity contribution is 5.84. The van der Waals surface area contributed by atoms with Gasteiger partial charge in [0.05, 0.1) is 17.6 Å². The molecule has 4 rings (SSSR count). The zero-order chi connectivity index (χ0) is 24.0. The minimum atomic E-state index is -4.52. The Morgan fingerprint density at radius 2 is 2.06 bits per heavy atom. The van der Waals surface area contributed by atoms with Crippen molar-refractivity contribution in [3.05, 3.63) is 34.9 Å². The summed E-state index contributed by atoms with van der Waals surface area (Å²) in [5.41, 5.74) is -0.832. The molecule has 1 aromatic rings. The van der Waals surface area contributed by atoms with Crippen molar-refractivity contribution in [3.63, 3.8) is 0 Å². The van der Waals surface area contributed by atoms with E-state index in [2.05, 4.69) is 5.32 Å². The number of rotatable bonds is 4. The van der Waals surface area contributed by atoms with Gasteiger partial charge < -0.3 is 20.1 Å². The second-order valence-corrected chi connectivity index (χ2v) is 9.94. The molecule has 0 radical (unpaired) electrons. The number of aliphatic hydroxyl groups excluding tert-OH is 1. The molecule has 1 aromatic carbocycles. The van der Waals surface area contributed by atoms with E-state index in [1.807, 2.05) is 13.8 Å². The molecule has 3 unspecified atom stereocenters. The number of nitrogens with zero attached hydrogens (tertiary/aromatic N) is 1. The van der Waals surface area contributed by atoms with Crippen molar-refractivity contribution in [2.45, 2.75) is 76.6 Å². The summed E-state index contributed by atoms with van der Waals surface area (Å²) in [4.78, 5) is 15.1. The first-order chi connectivity index (χ1) is 15.5. The number of carbonyl (C=O) groups excluding carboxylic acids is 1. The van der Waals surface area contributed by atoms with Gasteiger partial charge in [0, 0.05) is 30.8 Å². The topological polar surface area (TPSA) is 61.8 Å². The van der Waals surface area contributed by atoms with E-state index in [-0.39, 0.29) is 42.6 Å². The van der Waals surface area contributed by atoms with Gasteiger partial charge in [0.2, 0.25) is 5.91 Å². The highest BCUT2D eigenvalue weighted by atomic mass is 19.4. The number of fused-ring (bicyclic) bond motifs is 1. The van der Waals surface area contributed by atoms with E-state index in [0.29, 0.717) is 44.3 Å². The van der Waals surface area contributed by atoms with Gasteiger partial charge in [-0.05, 0) is 55.7 Å². The normalized spacial score (nSPS) is 32.8. The molecule has 0 bridgehead atoms. The first-order valence-electron chi connectivity index (χ1n) is 11.7. The molecule has 2 heterocycles. The monoisotopic (exact) mass is 472 g/mol. The van der Waals surface area contributed by atoms with Crippen LogP contribution in [0.3, 0.4) is 0 Å². The van der Waals surface area contributed by atoms with Crippen molar-refractivity contribution < 1.29 is 32.2 Å². The SMILES string of the molecule is CC(C)[C@]1(C(=O)N2CCc3ccc(C(F)(F)F)cc3C2O)CC[C@@H](NC2CCOCC2F)C1. The highest BCUT2D eigenvalue weighted by Gasteiger charge is 2.51. The molecule has 1 saturated carbocycles. The van der Waals surface area contributed by atoms with Crippen molar-refractivity contribution in [3.8, 4) is 0 Å². The lowest BCUT2D eigenvalue weighted by atomic mass is 9.73. The van der Waals surface area contributed by atoms with E-state index in [1.165, 1.54) is 11.0 Å². The molecule has 0 aromatic heterocycles. The molecular formula is C24H32F4N2O3. The zero-order valence-corrected chi connectivity index (χ0v) is 19.0. The summed E-state index contributed by atoms with van der Waals surface area (Å²) >= 11 is 0. The third-order valence-corrected chi connectivity index (χ3v) is 7.75. The molecular weight excluding hydrogens is 440 g/mol. The van der Waals surface area contributed by atoms with Crippen LogP contribution in [0.2, 0.25) is 0 Å². The lowest BCUT2D eigenvalue weighted by molar-refractivity contribution is -0.157. The van der Waals surface area contributed by atoms with Crippen LogP contribution in [0.4, 0.5) is 17.6 Å². The summed E-state index contributed by atoms with van der Waals surface area (Å²) in [7, 11) is 0. The number of hydrogen-bond acceptors (Lipinski definition) is 4. The second-order valence-electron chi connectivity index (χ2n) is 9.94. The van der Waals surface area contributed by atoms with Crippen molar-refractivity contribution >= 4 is 5.91 Å². The number of alkyl halides is 4. The minimum Gasteiger partial charge on any atom is -0.378 e. The quantitative estimate of drug-likeness (QED) is 0.651. The molecule has 1 aliphatic carbocycles. The van der Waals surface area contributed by atoms with Gasteiger partial charge in [0.25, 0.3) is 0 Å². The summed E-state index contributed by atoms with van der Waals surface area (Å²) in [6.07, 6.45) is -4.29. The summed E-state index contributed by atoms with van der Waals surface area (Å²) in [6, 6.07) is 3.00. The molecule has 184 valence electrons. The zero-order valence-electron chi connectivity index (χ0n) is 19.0. The van der Waals surface area contributed by atoms with Crippen molar-refractivity contribution in [1.82, 2.24) is 10.2 Å². The lowest BCUT2D eigenvalue weighted by Crippen LogP contribution is -2.51. The second kappa shape index (κ2) is 9.15. The Hall–Kier alpha value is -1.71. The third kappa shape index (κ3) is 4.64. The van der Waals surface area contributed by atoms with Crippen LogP contribution in [0.1, 0.15) is 62.4 Å². The Bertz CT molecular complexity index is 878. The van der Waals surface area contributed by atoms with Crippen LogP contribution in [-0.2, 0) is 22.1 Å². The molecule has 3 aliphatic rings. The molecule has 2 fully saturated rings. The summed E-state index contributed by atoms with van der Waals surface area (Å²) in [5.74, 6) is -0.274. The molecule has 1 saturated heterocycles. The molecule has 5 atom stereocenters. The fraction of sp³-hybridized carbons (Fsp3) is 0.708. The Balaban J connectivity index is 1.53. The Labute approximate surface area is 191 Å². The van der Waals surface area contributed by atoms with Crippen LogP contribution >= 0.6 is 0 Å². The number of carbonyl (C=O) groups is 1. The predicted molar refractivity (Wildman–Crippen MR) is 114 cm³/mol. The fourth-order valence-electron chi connectivity index (χ4n) is 5.65. The van der Waals surface area contributed by atoms with Crippen molar-refractivity contribution in [2.75, 3.05) is 19.8 Å². The average Bonchev–Trinajstić information content (AvgIpc) is 3.20. The smallest absolute Gasteiger partial charge is 0.378 e. The number of amides is 1. The number of ether oxygens (including phenoxy) is 1. The third-order valence-electron chi connectivity index (χ3n) is 7.75. The van der Waals surface area contributed by atoms with Gasteiger partial charge >= 0.3 is 6.18 Å². The number of benzene rings is 1. The summed E-state index contributed by atoms with van der Waals surface area (Å²) in [6.45, 7) is 4.73. The molecule has 9 heteroatoms. The van der Waals surface area contributed by atoms with E-state index in [1.54, 1.807) is 0 Å². The van der Waals surface area contributed by atoms with Gasteiger partial charge in [-0.1, -0.05) is 19.9 Å². The van der Waals surface area contributed by atoms with E-state index in [9.17, 15) is 27.5 Å². The van der Waals surface area contributed by atoms with Crippen LogP contribution in [0, 0.1) is 11.3 Å². The molecule has 1 amide bonds. The van der Waals surface area contributed by atoms with Gasteiger partial charge in [0.15, 0.2) is 6.23 Å². The maximum absolute atomic E-state index is 14.2. The van der Waals surface area contributed by atoms with Crippen LogP contribution in [0.25, 0.3) is 0 Å². The Morgan fingerprint density at radius 1 is 1.30 bits per heavy atom. The van der Waals surface area contributed by atoms with Gasteiger partial charge in [-0.3, -0.25) is 4.79 Å². The van der Waals surface area contributed by atoms with Gasteiger partial charge in [0.1, 0.15) is 6.17 Å². The Kier molecular flexibility index (Phi) is 6.77. The van der Waals surface area contributed by atoms with Crippen LogP contribution < -0.4 is 5.32 Å². The number of halogens is 4. The maximum Gasteiger partial charge on any atom is 0.416 e. The van der Waals surface area contributed by atoms with Gasteiger partial charge in [-0.25, -0.2) is 4.39 Å². The first-order valence-corrected chi connectivity index (χ1v) is 11.7. The predicted octanol–water partition coefficient (Wildman–Crippen LogP) is 3.99. The Morgan fingerprint density at radius 3 is 2.73 bits per heavy atom. The van der Waals surface area contributed by atoms with Crippen LogP contribution in [0.5, 0.6) is 0 Å². The van der Waals surface area contributed by atoms with Gasteiger partial charge in [-0.2, -0.15) is 13.2 Å². The lowest BCUT2D eigenvalue weighted by Gasteiger charge is -2.42. The van der Waals surface area contributed by atoms with Crippen molar-refractivity contribution in [2.24, 2.45) is 11.3 Å². The summed E-state index contributed by atoms with van der Waals surface area (Å²) < 4.78 is 59.0. The number of nitrogens with one attached hydrogen (secondary N) is 1. The highest BCUT2D eigenvalue weighted by Crippen LogP contribution is 2.48. The van der Waals surface area contributed by atoms with Crippen LogP contribution in [-0.4, -0.2) is 53.9 Å². The van der Waals surface area contributed by atoms with Crippen LogP contribution in [0.15, 0.2) is 18.2 Å². The molecule has 0 spiro atoms. The van der Waals surface area contributed by atoms with E-state index in [0.717, 1.165) is 12.1 Å². The molecule has 2 aliphatic heterocycles. The van der Waals surface area contributed by atoms with Gasteiger partial charge in [-0.15, -0.1) is 0 Å². The van der Waals surface area contributed by atoms with E-state index in [4.69, 9.17) is 4.74 Å². The summed E-state index contributed by atoms with van der Waals surface area (Å²) in [5, 5.41) is 14.3. The molecule has 5 nitrogen and oxygen atoms in total. The maximum atomic E-state index is 14.2. The number of hydrogen-bond donors (Lipinski definition) is 2. The number of aliphatic hydroxyl groups is 1. The van der Waals surface area contributed by atoms with Crippen molar-refractivity contribution in [1.29, 1.82) is 0 Å². The molecule has 2 N–H and O–H groups in total. The molecule has 33 heavy (non-hydrogen) atoms. The first kappa shape index (κ1) is 24.4. The average molecular weight is 473 g/mol. The largest absolute Gasteiger partial charge is 0.416 e.